The van der Waals surface area contributed by atoms with Crippen molar-refractivity contribution in [2.24, 2.45) is 5.73 Å². The molecule has 3 heterocycles. The summed E-state index contributed by atoms with van der Waals surface area (Å²) in [5, 5.41) is 1.02. The molecule has 0 spiro atoms. The van der Waals surface area contributed by atoms with Crippen LogP contribution in [0.5, 0.6) is 0 Å². The maximum Gasteiger partial charge on any atom is 0.138 e. The zero-order chi connectivity index (χ0) is 13.1. The number of fused-ring (bicyclic) bond motifs is 1. The fourth-order valence-corrected chi connectivity index (χ4v) is 2.93. The van der Waals surface area contributed by atoms with Gasteiger partial charge in [-0.2, -0.15) is 0 Å². The van der Waals surface area contributed by atoms with Crippen molar-refractivity contribution in [2.45, 2.75) is 16.3 Å². The first kappa shape index (κ1) is 12.2. The minimum atomic E-state index is 0.618. The second kappa shape index (κ2) is 5.42. The van der Waals surface area contributed by atoms with Gasteiger partial charge in [-0.05, 0) is 30.8 Å². The van der Waals surface area contributed by atoms with E-state index in [9.17, 15) is 0 Å². The number of hydrogen-bond acceptors (Lipinski definition) is 4. The second-order valence-electron chi connectivity index (χ2n) is 4.12. The van der Waals surface area contributed by atoms with E-state index in [0.717, 1.165) is 22.0 Å². The van der Waals surface area contributed by atoms with E-state index in [-0.39, 0.29) is 0 Å². The predicted molar refractivity (Wildman–Crippen MR) is 76.3 cm³/mol. The lowest BCUT2D eigenvalue weighted by molar-refractivity contribution is 0.876. The van der Waals surface area contributed by atoms with Gasteiger partial charge in [0.05, 0.1) is 5.69 Å². The van der Waals surface area contributed by atoms with Gasteiger partial charge >= 0.3 is 0 Å². The lowest BCUT2D eigenvalue weighted by atomic mass is 10.3. The third kappa shape index (κ3) is 2.47. The van der Waals surface area contributed by atoms with Crippen molar-refractivity contribution >= 4 is 17.4 Å². The smallest absolute Gasteiger partial charge is 0.138 e. The summed E-state index contributed by atoms with van der Waals surface area (Å²) in [6, 6.07) is 9.99. The lowest BCUT2D eigenvalue weighted by Crippen LogP contribution is -2.05. The van der Waals surface area contributed by atoms with Crippen molar-refractivity contribution in [3.05, 3.63) is 54.6 Å². The number of imidazole rings is 1. The van der Waals surface area contributed by atoms with Crippen LogP contribution in [0.25, 0.3) is 5.65 Å². The van der Waals surface area contributed by atoms with E-state index in [0.29, 0.717) is 6.54 Å². The molecule has 3 rings (SSSR count). The summed E-state index contributed by atoms with van der Waals surface area (Å²) >= 11 is 1.65. The molecule has 4 nitrogen and oxygen atoms in total. The highest BCUT2D eigenvalue weighted by molar-refractivity contribution is 7.99. The van der Waals surface area contributed by atoms with Crippen LogP contribution in [0.1, 0.15) is 5.69 Å². The Balaban J connectivity index is 2.04. The summed E-state index contributed by atoms with van der Waals surface area (Å²) in [6.07, 6.45) is 6.43. The van der Waals surface area contributed by atoms with Crippen molar-refractivity contribution in [2.75, 3.05) is 6.54 Å². The van der Waals surface area contributed by atoms with E-state index in [2.05, 4.69) is 14.4 Å². The summed E-state index contributed by atoms with van der Waals surface area (Å²) in [7, 11) is 0. The van der Waals surface area contributed by atoms with E-state index >= 15 is 0 Å². The Bertz CT molecular complexity index is 678. The normalized spacial score (nSPS) is 11.0. The summed E-state index contributed by atoms with van der Waals surface area (Å²) in [5.41, 5.74) is 7.84. The van der Waals surface area contributed by atoms with Gasteiger partial charge in [-0.3, -0.25) is 4.98 Å². The fourth-order valence-electron chi connectivity index (χ4n) is 1.99. The third-order valence-corrected chi connectivity index (χ3v) is 3.87. The molecule has 96 valence electrons. The topological polar surface area (TPSA) is 56.2 Å². The number of nitrogens with two attached hydrogens (primary N) is 1. The van der Waals surface area contributed by atoms with E-state index < -0.39 is 0 Å². The molecule has 0 saturated carbocycles. The number of rotatable bonds is 4. The highest BCUT2D eigenvalue weighted by atomic mass is 32.2. The van der Waals surface area contributed by atoms with E-state index in [1.807, 2.05) is 36.5 Å². The molecular formula is C14H14N4S. The molecule has 0 aliphatic carbocycles. The van der Waals surface area contributed by atoms with Crippen LogP contribution >= 0.6 is 11.8 Å². The molecule has 0 aliphatic rings. The van der Waals surface area contributed by atoms with Gasteiger partial charge in [-0.25, -0.2) is 4.98 Å². The summed E-state index contributed by atoms with van der Waals surface area (Å²) < 4.78 is 2.11. The molecule has 0 bridgehead atoms. The van der Waals surface area contributed by atoms with E-state index in [4.69, 9.17) is 5.73 Å². The number of pyridine rings is 2. The molecule has 0 atom stereocenters. The van der Waals surface area contributed by atoms with Gasteiger partial charge in [0.1, 0.15) is 10.7 Å². The molecule has 0 fully saturated rings. The molecular weight excluding hydrogens is 256 g/mol. The third-order valence-electron chi connectivity index (χ3n) is 2.84. The van der Waals surface area contributed by atoms with E-state index in [1.54, 1.807) is 24.2 Å². The van der Waals surface area contributed by atoms with Gasteiger partial charge < -0.3 is 10.1 Å². The molecule has 0 aromatic carbocycles. The number of aromatic nitrogens is 3. The lowest BCUT2D eigenvalue weighted by Gasteiger charge is -2.03. The van der Waals surface area contributed by atoms with Crippen molar-refractivity contribution in [1.29, 1.82) is 0 Å². The monoisotopic (exact) mass is 270 g/mol. The summed E-state index contributed by atoms with van der Waals surface area (Å²) in [6.45, 7) is 0.618. The van der Waals surface area contributed by atoms with Gasteiger partial charge in [0.15, 0.2) is 0 Å². The quantitative estimate of drug-likeness (QED) is 0.791. The SMILES string of the molecule is NCCc1c(Sc2ccncc2)nc2ccccn12. The van der Waals surface area contributed by atoms with Crippen LogP contribution in [-0.2, 0) is 6.42 Å². The van der Waals surface area contributed by atoms with Crippen LogP contribution in [0, 0.1) is 0 Å². The number of hydrogen-bond donors (Lipinski definition) is 1. The Morgan fingerprint density at radius 3 is 2.79 bits per heavy atom. The van der Waals surface area contributed by atoms with Crippen LogP contribution in [0.2, 0.25) is 0 Å². The molecule has 3 aromatic rings. The molecule has 0 saturated heterocycles. The second-order valence-corrected chi connectivity index (χ2v) is 5.18. The zero-order valence-electron chi connectivity index (χ0n) is 10.4. The van der Waals surface area contributed by atoms with Crippen molar-refractivity contribution in [1.82, 2.24) is 14.4 Å². The minimum Gasteiger partial charge on any atom is -0.330 e. The average molecular weight is 270 g/mol. The van der Waals surface area contributed by atoms with Gasteiger partial charge in [-0.1, -0.05) is 17.8 Å². The summed E-state index contributed by atoms with van der Waals surface area (Å²) in [4.78, 5) is 9.84. The molecule has 2 N–H and O–H groups in total. The molecule has 0 radical (unpaired) electrons. The van der Waals surface area contributed by atoms with Crippen LogP contribution in [0.15, 0.2) is 58.8 Å². The van der Waals surface area contributed by atoms with Gasteiger partial charge in [0.2, 0.25) is 0 Å². The molecule has 0 unspecified atom stereocenters. The first-order chi connectivity index (χ1) is 9.38. The fraction of sp³-hybridized carbons (Fsp3) is 0.143. The van der Waals surface area contributed by atoms with Crippen LogP contribution < -0.4 is 5.73 Å². The Morgan fingerprint density at radius 2 is 2.00 bits per heavy atom. The van der Waals surface area contributed by atoms with Crippen LogP contribution in [0.3, 0.4) is 0 Å². The van der Waals surface area contributed by atoms with Crippen molar-refractivity contribution in [3.8, 4) is 0 Å². The first-order valence-electron chi connectivity index (χ1n) is 6.12. The Labute approximate surface area is 115 Å². The molecule has 3 aromatic heterocycles. The molecule has 19 heavy (non-hydrogen) atoms. The standard InChI is InChI=1S/C14H14N4S/c15-7-4-12-14(19-11-5-8-16-9-6-11)17-13-3-1-2-10-18(12)13/h1-3,5-6,8-10H,4,7,15H2. The Kier molecular flexibility index (Phi) is 3.48. The Morgan fingerprint density at radius 1 is 1.16 bits per heavy atom. The average Bonchev–Trinajstić information content (AvgIpc) is 2.79. The van der Waals surface area contributed by atoms with E-state index in [1.165, 1.54) is 5.69 Å². The summed E-state index contributed by atoms with van der Waals surface area (Å²) in [5.74, 6) is 0. The molecule has 5 heteroatoms. The Hall–Kier alpha value is -1.85. The van der Waals surface area contributed by atoms with Gasteiger partial charge in [0.25, 0.3) is 0 Å². The van der Waals surface area contributed by atoms with Gasteiger partial charge in [0, 0.05) is 29.9 Å². The molecule has 0 amide bonds. The van der Waals surface area contributed by atoms with Crippen LogP contribution in [0.4, 0.5) is 0 Å². The molecule has 0 aliphatic heterocycles. The highest BCUT2D eigenvalue weighted by Gasteiger charge is 2.12. The minimum absolute atomic E-state index is 0.618. The highest BCUT2D eigenvalue weighted by Crippen LogP contribution is 2.30. The number of nitrogens with zero attached hydrogens (tertiary/aromatic N) is 3. The predicted octanol–water partition coefficient (Wildman–Crippen LogP) is 2.38. The van der Waals surface area contributed by atoms with Gasteiger partial charge in [-0.15, -0.1) is 0 Å². The van der Waals surface area contributed by atoms with Crippen molar-refractivity contribution < 1.29 is 0 Å². The van der Waals surface area contributed by atoms with Crippen molar-refractivity contribution in [3.63, 3.8) is 0 Å². The zero-order valence-corrected chi connectivity index (χ0v) is 11.2. The van der Waals surface area contributed by atoms with Crippen LogP contribution in [-0.4, -0.2) is 20.9 Å². The maximum absolute atomic E-state index is 5.71. The first-order valence-corrected chi connectivity index (χ1v) is 6.94. The largest absolute Gasteiger partial charge is 0.330 e. The maximum atomic E-state index is 5.71.